The molecule has 3 aromatic rings. The second-order valence-electron chi connectivity index (χ2n) is 8.00. The predicted octanol–water partition coefficient (Wildman–Crippen LogP) is 3.68. The van der Waals surface area contributed by atoms with Crippen LogP contribution in [0, 0.1) is 6.92 Å². The smallest absolute Gasteiger partial charge is 0.309 e. The van der Waals surface area contributed by atoms with Gasteiger partial charge in [-0.1, -0.05) is 41.9 Å². The number of hydrogen-bond donors (Lipinski definition) is 1. The lowest BCUT2D eigenvalue weighted by atomic mass is 9.96. The average molecular weight is 452 g/mol. The molecule has 7 nitrogen and oxygen atoms in total. The first-order chi connectivity index (χ1) is 15.5. The molecule has 0 saturated carbocycles. The summed E-state index contributed by atoms with van der Waals surface area (Å²) in [6.45, 7) is 2.69. The van der Waals surface area contributed by atoms with Gasteiger partial charge in [-0.3, -0.25) is 9.59 Å². The number of benzene rings is 2. The highest BCUT2D eigenvalue weighted by molar-refractivity contribution is 6.32. The van der Waals surface area contributed by atoms with Gasteiger partial charge in [0.25, 0.3) is 5.79 Å². The molecule has 32 heavy (non-hydrogen) atoms. The molecule has 8 heteroatoms. The van der Waals surface area contributed by atoms with Crippen LogP contribution >= 0.6 is 11.6 Å². The Kier molecular flexibility index (Phi) is 5.23. The number of ether oxygens (including phenoxy) is 2. The molecule has 0 atom stereocenters. The van der Waals surface area contributed by atoms with E-state index in [1.54, 1.807) is 12.1 Å². The van der Waals surface area contributed by atoms with E-state index in [-0.39, 0.29) is 19.4 Å². The van der Waals surface area contributed by atoms with E-state index >= 15 is 0 Å². The summed E-state index contributed by atoms with van der Waals surface area (Å²) < 4.78 is 13.3. The lowest BCUT2D eigenvalue weighted by Gasteiger charge is -2.32. The number of nitrogens with zero attached hydrogens (tertiary/aromatic N) is 2. The highest BCUT2D eigenvalue weighted by Gasteiger charge is 2.46. The van der Waals surface area contributed by atoms with Crippen LogP contribution < -0.4 is 5.32 Å². The minimum absolute atomic E-state index is 0.00707. The van der Waals surface area contributed by atoms with Crippen molar-refractivity contribution in [2.75, 3.05) is 13.1 Å². The topological polar surface area (TPSA) is 82.5 Å². The number of carbonyl (C=O) groups excluding carboxylic acids is 2. The minimum atomic E-state index is -1.54. The van der Waals surface area contributed by atoms with E-state index < -0.39 is 17.7 Å². The molecule has 1 saturated heterocycles. The van der Waals surface area contributed by atoms with E-state index in [9.17, 15) is 9.59 Å². The molecule has 1 spiro atoms. The number of aromatic nitrogens is 2. The summed E-state index contributed by atoms with van der Waals surface area (Å²) >= 11 is 6.74. The van der Waals surface area contributed by atoms with Crippen LogP contribution in [-0.2, 0) is 31.3 Å². The normalized spacial score (nSPS) is 17.8. The van der Waals surface area contributed by atoms with E-state index in [1.807, 2.05) is 48.0 Å². The Balaban J connectivity index is 1.74. The molecule has 1 N–H and O–H groups in total. The van der Waals surface area contributed by atoms with Crippen LogP contribution in [0.25, 0.3) is 16.9 Å². The van der Waals surface area contributed by atoms with Gasteiger partial charge in [-0.25, -0.2) is 4.68 Å². The van der Waals surface area contributed by atoms with Gasteiger partial charge in [0.2, 0.25) is 0 Å². The summed E-state index contributed by atoms with van der Waals surface area (Å²) in [5, 5.41) is 8.49. The molecule has 2 aromatic carbocycles. The summed E-state index contributed by atoms with van der Waals surface area (Å²) in [5.74, 6) is -2.48. The number of fused-ring (bicyclic) bond motifs is 2. The Morgan fingerprint density at radius 3 is 2.47 bits per heavy atom. The van der Waals surface area contributed by atoms with Crippen molar-refractivity contribution in [1.82, 2.24) is 15.1 Å². The van der Waals surface area contributed by atoms with Crippen molar-refractivity contribution < 1.29 is 19.1 Å². The second-order valence-corrected chi connectivity index (χ2v) is 8.41. The van der Waals surface area contributed by atoms with Gasteiger partial charge < -0.3 is 14.8 Å². The van der Waals surface area contributed by atoms with E-state index in [1.165, 1.54) is 0 Å². The van der Waals surface area contributed by atoms with Crippen LogP contribution in [0.2, 0.25) is 5.02 Å². The lowest BCUT2D eigenvalue weighted by Crippen LogP contribution is -2.43. The van der Waals surface area contributed by atoms with E-state index in [0.29, 0.717) is 29.2 Å². The maximum Gasteiger partial charge on any atom is 0.309 e. The number of esters is 2. The molecule has 1 fully saturated rings. The minimum Gasteiger partial charge on any atom is -0.416 e. The summed E-state index contributed by atoms with van der Waals surface area (Å²) in [6.07, 6.45) is 0.578. The van der Waals surface area contributed by atoms with E-state index in [4.69, 9.17) is 26.2 Å². The third kappa shape index (κ3) is 3.57. The first-order valence-corrected chi connectivity index (χ1v) is 10.9. The SMILES string of the molecule is Cc1cc(-c2ccccc2)n(-c2c(Cl)ccc3c2CCNCC32OC(=O)CCC(=O)O2)n1. The molecule has 0 radical (unpaired) electrons. The summed E-state index contributed by atoms with van der Waals surface area (Å²) in [5.41, 5.74) is 4.85. The lowest BCUT2D eigenvalue weighted by molar-refractivity contribution is -0.225. The Bertz CT molecular complexity index is 1190. The zero-order valence-electron chi connectivity index (χ0n) is 17.6. The fourth-order valence-electron chi connectivity index (χ4n) is 4.37. The molecule has 0 unspecified atom stereocenters. The molecule has 5 rings (SSSR count). The molecular weight excluding hydrogens is 430 g/mol. The van der Waals surface area contributed by atoms with Gasteiger partial charge in [0.1, 0.15) is 0 Å². The van der Waals surface area contributed by atoms with Crippen LogP contribution in [0.15, 0.2) is 48.5 Å². The first-order valence-electron chi connectivity index (χ1n) is 10.6. The fourth-order valence-corrected chi connectivity index (χ4v) is 4.63. The van der Waals surface area contributed by atoms with Gasteiger partial charge >= 0.3 is 11.9 Å². The largest absolute Gasteiger partial charge is 0.416 e. The Hall–Kier alpha value is -3.16. The van der Waals surface area contributed by atoms with Crippen LogP contribution in [0.5, 0.6) is 0 Å². The van der Waals surface area contributed by atoms with Crippen molar-refractivity contribution in [3.63, 3.8) is 0 Å². The third-order valence-corrected chi connectivity index (χ3v) is 6.06. The van der Waals surface area contributed by atoms with Crippen LogP contribution in [-0.4, -0.2) is 34.8 Å². The van der Waals surface area contributed by atoms with Crippen molar-refractivity contribution >= 4 is 23.5 Å². The predicted molar refractivity (Wildman–Crippen MR) is 118 cm³/mol. The maximum atomic E-state index is 12.4. The fraction of sp³-hybridized carbons (Fsp3) is 0.292. The van der Waals surface area contributed by atoms with Gasteiger partial charge in [0, 0.05) is 11.1 Å². The number of carbonyl (C=O) groups is 2. The first kappa shape index (κ1) is 20.7. The third-order valence-electron chi connectivity index (χ3n) is 5.76. The van der Waals surface area contributed by atoms with E-state index in [2.05, 4.69) is 5.32 Å². The van der Waals surface area contributed by atoms with Crippen molar-refractivity contribution in [3.05, 3.63) is 70.4 Å². The molecule has 2 aliphatic rings. The molecule has 3 heterocycles. The van der Waals surface area contributed by atoms with Gasteiger partial charge in [0.05, 0.1) is 41.5 Å². The van der Waals surface area contributed by atoms with Gasteiger partial charge in [0.15, 0.2) is 0 Å². The standard InChI is InChI=1S/C24H22ClN3O4/c1-15-13-20(16-5-3-2-4-6-16)28(27-15)23-17-11-12-26-14-24(18(17)7-8-19(23)25)31-21(29)9-10-22(30)32-24/h2-8,13,26H,9-12,14H2,1H3. The van der Waals surface area contributed by atoms with Crippen LogP contribution in [0.3, 0.4) is 0 Å². The Morgan fingerprint density at radius 2 is 1.75 bits per heavy atom. The zero-order chi connectivity index (χ0) is 22.3. The molecule has 164 valence electrons. The van der Waals surface area contributed by atoms with Crippen molar-refractivity contribution in [3.8, 4) is 16.9 Å². The molecule has 1 aromatic heterocycles. The Morgan fingerprint density at radius 1 is 1.03 bits per heavy atom. The van der Waals surface area contributed by atoms with Crippen LogP contribution in [0.1, 0.15) is 29.7 Å². The highest BCUT2D eigenvalue weighted by Crippen LogP contribution is 2.40. The number of hydrogen-bond acceptors (Lipinski definition) is 6. The molecular formula is C24H22ClN3O4. The van der Waals surface area contributed by atoms with Gasteiger partial charge in [-0.2, -0.15) is 5.10 Å². The summed E-state index contributed by atoms with van der Waals surface area (Å²) in [4.78, 5) is 24.7. The molecule has 0 aliphatic carbocycles. The maximum absolute atomic E-state index is 12.4. The molecule has 2 aliphatic heterocycles. The molecule has 0 amide bonds. The monoisotopic (exact) mass is 451 g/mol. The van der Waals surface area contributed by atoms with Crippen molar-refractivity contribution in [2.45, 2.75) is 32.0 Å². The van der Waals surface area contributed by atoms with Crippen LogP contribution in [0.4, 0.5) is 0 Å². The Labute approximate surface area is 190 Å². The number of aryl methyl sites for hydroxylation is 1. The van der Waals surface area contributed by atoms with Gasteiger partial charge in [-0.15, -0.1) is 0 Å². The second kappa shape index (κ2) is 8.07. The summed E-state index contributed by atoms with van der Waals surface area (Å²) in [6, 6.07) is 15.4. The summed E-state index contributed by atoms with van der Waals surface area (Å²) in [7, 11) is 0. The zero-order valence-corrected chi connectivity index (χ0v) is 18.3. The molecule has 0 bridgehead atoms. The number of nitrogens with one attached hydrogen (secondary N) is 1. The number of halogens is 1. The quantitative estimate of drug-likeness (QED) is 0.598. The highest BCUT2D eigenvalue weighted by atomic mass is 35.5. The van der Waals surface area contributed by atoms with E-state index in [0.717, 1.165) is 22.5 Å². The van der Waals surface area contributed by atoms with Crippen molar-refractivity contribution in [2.24, 2.45) is 0 Å². The average Bonchev–Trinajstić information content (AvgIpc) is 2.98. The number of rotatable bonds is 2. The van der Waals surface area contributed by atoms with Gasteiger partial charge in [-0.05, 0) is 43.7 Å². The van der Waals surface area contributed by atoms with Crippen molar-refractivity contribution in [1.29, 1.82) is 0 Å².